The molecule has 0 spiro atoms. The number of hydrazine groups is 1. The summed E-state index contributed by atoms with van der Waals surface area (Å²) in [5, 5.41) is 0. The zero-order valence-corrected chi connectivity index (χ0v) is 11.1. The topological polar surface area (TPSA) is 80.7 Å². The molecule has 0 saturated heterocycles. The Balaban J connectivity index is 2.46. The Hall–Kier alpha value is -1.37. The Morgan fingerprint density at radius 2 is 2.33 bits per heavy atom. The molecule has 1 heterocycles. The van der Waals surface area contributed by atoms with E-state index in [0.29, 0.717) is 24.5 Å². The van der Waals surface area contributed by atoms with Gasteiger partial charge in [0.05, 0.1) is 31.1 Å². The van der Waals surface area contributed by atoms with Crippen LogP contribution < -0.4 is 11.3 Å². The number of amides is 1. The van der Waals surface area contributed by atoms with E-state index in [0.717, 1.165) is 6.54 Å². The highest BCUT2D eigenvalue weighted by Crippen LogP contribution is 2.12. The molecule has 1 aromatic rings. The van der Waals surface area contributed by atoms with Gasteiger partial charge in [-0.2, -0.15) is 0 Å². The molecule has 1 aromatic heterocycles. The number of ether oxygens (including phenoxy) is 1. The third-order valence-corrected chi connectivity index (χ3v) is 2.46. The van der Waals surface area contributed by atoms with Crippen molar-refractivity contribution in [1.29, 1.82) is 0 Å². The van der Waals surface area contributed by atoms with Crippen LogP contribution in [0.3, 0.4) is 0 Å². The normalized spacial score (nSPS) is 11.2. The van der Waals surface area contributed by atoms with Crippen LogP contribution in [0.4, 0.5) is 0 Å². The lowest BCUT2D eigenvalue weighted by Gasteiger charge is -2.16. The zero-order valence-electron chi connectivity index (χ0n) is 11.1. The van der Waals surface area contributed by atoms with Crippen LogP contribution in [0.25, 0.3) is 0 Å². The first-order valence-corrected chi connectivity index (χ1v) is 5.92. The maximum absolute atomic E-state index is 11.4. The molecular formula is C12H21N3O3. The Bertz CT molecular complexity index is 376. The summed E-state index contributed by atoms with van der Waals surface area (Å²) < 4.78 is 10.7. The van der Waals surface area contributed by atoms with Crippen molar-refractivity contribution in [2.45, 2.75) is 26.5 Å². The number of rotatable bonds is 7. The molecule has 0 aromatic carbocycles. The van der Waals surface area contributed by atoms with E-state index in [4.69, 9.17) is 15.0 Å². The quantitative estimate of drug-likeness (QED) is 0.427. The lowest BCUT2D eigenvalue weighted by Crippen LogP contribution is -2.31. The molecule has 1 amide bonds. The van der Waals surface area contributed by atoms with Crippen molar-refractivity contribution in [3.05, 3.63) is 23.7 Å². The molecule has 1 rings (SSSR count). The number of nitrogen functional groups attached to an aromatic ring is 1. The molecule has 18 heavy (non-hydrogen) atoms. The molecule has 0 fully saturated rings. The summed E-state index contributed by atoms with van der Waals surface area (Å²) in [6.45, 7) is 5.94. The number of carbonyl (C=O) groups excluding carboxylic acids is 1. The number of furan rings is 1. The second kappa shape index (κ2) is 7.15. The fourth-order valence-corrected chi connectivity index (χ4v) is 1.51. The molecule has 0 aliphatic carbocycles. The van der Waals surface area contributed by atoms with E-state index >= 15 is 0 Å². The number of nitrogens with one attached hydrogen (secondary N) is 1. The lowest BCUT2D eigenvalue weighted by molar-refractivity contribution is 0.0615. The summed E-state index contributed by atoms with van der Waals surface area (Å²) in [7, 11) is 1.94. The minimum atomic E-state index is -0.342. The summed E-state index contributed by atoms with van der Waals surface area (Å²) in [5.74, 6) is 5.36. The Labute approximate surface area is 107 Å². The largest absolute Gasteiger partial charge is 0.467 e. The highest BCUT2D eigenvalue weighted by atomic mass is 16.5. The van der Waals surface area contributed by atoms with Gasteiger partial charge in [0.1, 0.15) is 5.76 Å². The summed E-state index contributed by atoms with van der Waals surface area (Å²) >= 11 is 0. The van der Waals surface area contributed by atoms with Crippen molar-refractivity contribution < 1.29 is 13.9 Å². The minimum absolute atomic E-state index is 0.223. The molecule has 3 N–H and O–H groups in total. The van der Waals surface area contributed by atoms with Crippen LogP contribution in [0.5, 0.6) is 0 Å². The number of hydrogen-bond donors (Lipinski definition) is 2. The first-order valence-electron chi connectivity index (χ1n) is 5.92. The van der Waals surface area contributed by atoms with E-state index in [9.17, 15) is 4.79 Å². The van der Waals surface area contributed by atoms with E-state index in [2.05, 4.69) is 5.43 Å². The van der Waals surface area contributed by atoms with Crippen LogP contribution in [-0.2, 0) is 11.3 Å². The molecule has 0 saturated carbocycles. The predicted octanol–water partition coefficient (Wildman–Crippen LogP) is 0.740. The molecule has 0 radical (unpaired) electrons. The van der Waals surface area contributed by atoms with Crippen molar-refractivity contribution >= 4 is 5.91 Å². The van der Waals surface area contributed by atoms with Crippen molar-refractivity contribution in [2.75, 3.05) is 20.2 Å². The highest BCUT2D eigenvalue weighted by molar-refractivity contribution is 5.94. The summed E-state index contributed by atoms with van der Waals surface area (Å²) in [4.78, 5) is 13.5. The Morgan fingerprint density at radius 3 is 2.94 bits per heavy atom. The molecule has 0 unspecified atom stereocenters. The number of nitrogens with two attached hydrogens (primary N) is 1. The van der Waals surface area contributed by atoms with E-state index in [1.165, 1.54) is 6.26 Å². The van der Waals surface area contributed by atoms with Gasteiger partial charge in [0.25, 0.3) is 5.91 Å². The Kier molecular flexibility index (Phi) is 5.84. The number of likely N-dealkylation sites (N-methyl/N-ethyl adjacent to an activating group) is 1. The van der Waals surface area contributed by atoms with Crippen LogP contribution >= 0.6 is 0 Å². The predicted molar refractivity (Wildman–Crippen MR) is 67.8 cm³/mol. The van der Waals surface area contributed by atoms with E-state index < -0.39 is 0 Å². The molecule has 102 valence electrons. The van der Waals surface area contributed by atoms with Crippen molar-refractivity contribution in [2.24, 2.45) is 5.84 Å². The van der Waals surface area contributed by atoms with Gasteiger partial charge in [0.15, 0.2) is 0 Å². The number of hydrogen-bond acceptors (Lipinski definition) is 5. The minimum Gasteiger partial charge on any atom is -0.467 e. The first-order chi connectivity index (χ1) is 8.54. The van der Waals surface area contributed by atoms with E-state index in [1.54, 1.807) is 6.07 Å². The summed E-state index contributed by atoms with van der Waals surface area (Å²) in [5.41, 5.74) is 2.56. The smallest absolute Gasteiger partial charge is 0.268 e. The average molecular weight is 255 g/mol. The van der Waals surface area contributed by atoms with Crippen molar-refractivity contribution in [3.63, 3.8) is 0 Å². The lowest BCUT2D eigenvalue weighted by atomic mass is 10.2. The average Bonchev–Trinajstić information content (AvgIpc) is 2.75. The van der Waals surface area contributed by atoms with Crippen molar-refractivity contribution in [1.82, 2.24) is 10.3 Å². The SMILES string of the molecule is CC(C)OCCN(C)Cc1occc1C(=O)NN. The van der Waals surface area contributed by atoms with Crippen LogP contribution in [0.15, 0.2) is 16.7 Å². The highest BCUT2D eigenvalue weighted by Gasteiger charge is 2.14. The number of nitrogens with zero attached hydrogens (tertiary/aromatic N) is 1. The molecule has 6 heteroatoms. The van der Waals surface area contributed by atoms with E-state index in [-0.39, 0.29) is 12.0 Å². The monoisotopic (exact) mass is 255 g/mol. The van der Waals surface area contributed by atoms with Gasteiger partial charge in [-0.1, -0.05) is 0 Å². The van der Waals surface area contributed by atoms with Gasteiger partial charge in [-0.15, -0.1) is 0 Å². The van der Waals surface area contributed by atoms with Crippen LogP contribution in [-0.4, -0.2) is 37.1 Å². The maximum Gasteiger partial charge on any atom is 0.268 e. The second-order valence-corrected chi connectivity index (χ2v) is 4.39. The van der Waals surface area contributed by atoms with Gasteiger partial charge < -0.3 is 9.15 Å². The summed E-state index contributed by atoms with van der Waals surface area (Å²) in [6.07, 6.45) is 1.71. The fourth-order valence-electron chi connectivity index (χ4n) is 1.51. The van der Waals surface area contributed by atoms with E-state index in [1.807, 2.05) is 25.8 Å². The van der Waals surface area contributed by atoms with Crippen LogP contribution in [0.2, 0.25) is 0 Å². The third-order valence-electron chi connectivity index (χ3n) is 2.46. The molecular weight excluding hydrogens is 234 g/mol. The standard InChI is InChI=1S/C12H21N3O3/c1-9(2)17-7-5-15(3)8-11-10(4-6-18-11)12(16)14-13/h4,6,9H,5,7-8,13H2,1-3H3,(H,14,16). The van der Waals surface area contributed by atoms with Gasteiger partial charge in [-0.3, -0.25) is 15.1 Å². The molecule has 0 aliphatic rings. The molecule has 0 atom stereocenters. The van der Waals surface area contributed by atoms with Gasteiger partial charge in [-0.25, -0.2) is 5.84 Å². The number of carbonyl (C=O) groups is 1. The molecule has 0 bridgehead atoms. The maximum atomic E-state index is 11.4. The van der Waals surface area contributed by atoms with Gasteiger partial charge in [0.2, 0.25) is 0 Å². The summed E-state index contributed by atoms with van der Waals surface area (Å²) in [6, 6.07) is 1.61. The van der Waals surface area contributed by atoms with Gasteiger partial charge >= 0.3 is 0 Å². The molecule has 6 nitrogen and oxygen atoms in total. The van der Waals surface area contributed by atoms with Crippen LogP contribution in [0.1, 0.15) is 30.0 Å². The van der Waals surface area contributed by atoms with Gasteiger partial charge in [0, 0.05) is 6.54 Å². The van der Waals surface area contributed by atoms with Gasteiger partial charge in [-0.05, 0) is 27.0 Å². The van der Waals surface area contributed by atoms with Crippen LogP contribution in [0, 0.1) is 0 Å². The third kappa shape index (κ3) is 4.48. The fraction of sp³-hybridized carbons (Fsp3) is 0.583. The Morgan fingerprint density at radius 1 is 1.61 bits per heavy atom. The first kappa shape index (κ1) is 14.7. The van der Waals surface area contributed by atoms with Crippen molar-refractivity contribution in [3.8, 4) is 0 Å². The molecule has 0 aliphatic heterocycles. The zero-order chi connectivity index (χ0) is 13.5. The second-order valence-electron chi connectivity index (χ2n) is 4.39.